The second kappa shape index (κ2) is 6.91. The summed E-state index contributed by atoms with van der Waals surface area (Å²) in [6, 6.07) is 4.95. The largest absolute Gasteiger partial charge is 0.507 e. The molecule has 0 aliphatic heterocycles. The van der Waals surface area contributed by atoms with E-state index in [2.05, 4.69) is 28.2 Å². The molecule has 1 unspecified atom stereocenters. The van der Waals surface area contributed by atoms with Gasteiger partial charge in [-0.1, -0.05) is 22.9 Å². The van der Waals surface area contributed by atoms with Crippen molar-refractivity contribution in [2.24, 2.45) is 0 Å². The van der Waals surface area contributed by atoms with Crippen molar-refractivity contribution in [3.63, 3.8) is 0 Å². The number of benzene rings is 1. The molecule has 0 spiro atoms. The van der Waals surface area contributed by atoms with Crippen molar-refractivity contribution < 1.29 is 9.90 Å². The molecule has 17 heavy (non-hydrogen) atoms. The number of nitrogens with one attached hydrogen (secondary N) is 1. The molecule has 1 rings (SSSR count). The molecule has 94 valence electrons. The van der Waals surface area contributed by atoms with E-state index in [-0.39, 0.29) is 17.7 Å². The molecule has 0 aliphatic rings. The fourth-order valence-corrected chi connectivity index (χ4v) is 2.36. The fraction of sp³-hybridized carbons (Fsp3) is 0.417. The number of hydrogen-bond donors (Lipinski definition) is 2. The predicted molar refractivity (Wildman–Crippen MR) is 75.7 cm³/mol. The van der Waals surface area contributed by atoms with Gasteiger partial charge in [-0.2, -0.15) is 11.8 Å². The summed E-state index contributed by atoms with van der Waals surface area (Å²) in [5.74, 6) is 1.66. The van der Waals surface area contributed by atoms with Crippen LogP contribution in [-0.2, 0) is 0 Å². The normalized spacial score (nSPS) is 12.2. The van der Waals surface area contributed by atoms with Gasteiger partial charge in [0, 0.05) is 16.3 Å². The number of rotatable bonds is 5. The Morgan fingerprint density at radius 2 is 2.29 bits per heavy atom. The Labute approximate surface area is 114 Å². The van der Waals surface area contributed by atoms with Crippen LogP contribution in [0.25, 0.3) is 0 Å². The van der Waals surface area contributed by atoms with Crippen molar-refractivity contribution in [3.8, 4) is 5.75 Å². The summed E-state index contributed by atoms with van der Waals surface area (Å²) < 4.78 is 0.751. The SMILES string of the molecule is CCSCC(C)NC(=O)c1ccc(Br)cc1O. The fourth-order valence-electron chi connectivity index (χ4n) is 1.33. The van der Waals surface area contributed by atoms with Crippen molar-refractivity contribution in [2.75, 3.05) is 11.5 Å². The van der Waals surface area contributed by atoms with Crippen molar-refractivity contribution in [3.05, 3.63) is 28.2 Å². The van der Waals surface area contributed by atoms with E-state index in [0.29, 0.717) is 5.56 Å². The average Bonchev–Trinajstić information content (AvgIpc) is 2.26. The standard InChI is InChI=1S/C12H16BrNO2S/c1-3-17-7-8(2)14-12(16)10-5-4-9(13)6-11(10)15/h4-6,8,15H,3,7H2,1-2H3,(H,14,16). The molecule has 0 saturated heterocycles. The number of thioether (sulfide) groups is 1. The van der Waals surface area contributed by atoms with E-state index in [1.165, 1.54) is 6.07 Å². The van der Waals surface area contributed by atoms with Crippen LogP contribution in [-0.4, -0.2) is 28.6 Å². The summed E-state index contributed by atoms with van der Waals surface area (Å²) >= 11 is 5.01. The molecule has 1 amide bonds. The Bertz CT molecular complexity index is 398. The smallest absolute Gasteiger partial charge is 0.255 e. The van der Waals surface area contributed by atoms with Crippen molar-refractivity contribution in [1.29, 1.82) is 0 Å². The highest BCUT2D eigenvalue weighted by Gasteiger charge is 2.13. The number of phenolic OH excluding ortho intramolecular Hbond substituents is 1. The maximum absolute atomic E-state index is 11.9. The van der Waals surface area contributed by atoms with Gasteiger partial charge in [-0.05, 0) is 30.9 Å². The lowest BCUT2D eigenvalue weighted by Gasteiger charge is -2.13. The number of halogens is 1. The Hall–Kier alpha value is -0.680. The minimum absolute atomic E-state index is 0.00720. The molecule has 2 N–H and O–H groups in total. The Morgan fingerprint density at radius 1 is 1.59 bits per heavy atom. The predicted octanol–water partition coefficient (Wildman–Crippen LogP) is 3.03. The lowest BCUT2D eigenvalue weighted by atomic mass is 10.2. The maximum atomic E-state index is 11.9. The quantitative estimate of drug-likeness (QED) is 0.877. The highest BCUT2D eigenvalue weighted by atomic mass is 79.9. The van der Waals surface area contributed by atoms with E-state index in [4.69, 9.17) is 0 Å². The number of carbonyl (C=O) groups is 1. The van der Waals surface area contributed by atoms with Crippen LogP contribution < -0.4 is 5.32 Å². The lowest BCUT2D eigenvalue weighted by molar-refractivity contribution is 0.0941. The van der Waals surface area contributed by atoms with E-state index in [9.17, 15) is 9.90 Å². The molecule has 0 heterocycles. The molecule has 0 aliphatic carbocycles. The van der Waals surface area contributed by atoms with Crippen LogP contribution in [0.5, 0.6) is 5.75 Å². The number of carbonyl (C=O) groups excluding carboxylic acids is 1. The highest BCUT2D eigenvalue weighted by Crippen LogP contribution is 2.22. The first-order valence-electron chi connectivity index (χ1n) is 5.41. The van der Waals surface area contributed by atoms with Gasteiger partial charge in [-0.15, -0.1) is 0 Å². The molecule has 3 nitrogen and oxygen atoms in total. The summed E-state index contributed by atoms with van der Waals surface area (Å²) in [7, 11) is 0. The third-order valence-corrected chi connectivity index (χ3v) is 3.79. The zero-order valence-electron chi connectivity index (χ0n) is 9.87. The van der Waals surface area contributed by atoms with Crippen molar-refractivity contribution in [1.82, 2.24) is 5.32 Å². The van der Waals surface area contributed by atoms with E-state index in [0.717, 1.165) is 16.0 Å². The molecule has 0 aromatic heterocycles. The van der Waals surface area contributed by atoms with Gasteiger partial charge in [0.25, 0.3) is 5.91 Å². The summed E-state index contributed by atoms with van der Waals surface area (Å²) in [6.45, 7) is 4.04. The third kappa shape index (κ3) is 4.60. The van der Waals surface area contributed by atoms with E-state index in [1.807, 2.05) is 6.92 Å². The second-order valence-corrected chi connectivity index (χ2v) is 5.93. The first-order valence-corrected chi connectivity index (χ1v) is 7.36. The van der Waals surface area contributed by atoms with E-state index in [1.54, 1.807) is 23.9 Å². The molecular weight excluding hydrogens is 302 g/mol. The molecule has 1 aromatic carbocycles. The van der Waals surface area contributed by atoms with Gasteiger partial charge < -0.3 is 10.4 Å². The summed E-state index contributed by atoms with van der Waals surface area (Å²) in [5.41, 5.74) is 0.307. The highest BCUT2D eigenvalue weighted by molar-refractivity contribution is 9.10. The number of phenols is 1. The molecular formula is C12H16BrNO2S. The van der Waals surface area contributed by atoms with Gasteiger partial charge in [0.15, 0.2) is 0 Å². The maximum Gasteiger partial charge on any atom is 0.255 e. The van der Waals surface area contributed by atoms with Crippen LogP contribution in [0.4, 0.5) is 0 Å². The number of amides is 1. The van der Waals surface area contributed by atoms with Gasteiger partial charge >= 0.3 is 0 Å². The molecule has 1 atom stereocenters. The molecule has 0 saturated carbocycles. The second-order valence-electron chi connectivity index (χ2n) is 3.70. The lowest BCUT2D eigenvalue weighted by Crippen LogP contribution is -2.34. The Kier molecular flexibility index (Phi) is 5.85. The van der Waals surface area contributed by atoms with Crippen molar-refractivity contribution in [2.45, 2.75) is 19.9 Å². The molecule has 1 aromatic rings. The number of hydrogen-bond acceptors (Lipinski definition) is 3. The van der Waals surface area contributed by atoms with Gasteiger partial charge in [0.2, 0.25) is 0 Å². The minimum atomic E-state index is -0.237. The van der Waals surface area contributed by atoms with Crippen molar-refractivity contribution >= 4 is 33.6 Å². The van der Waals surface area contributed by atoms with Crippen LogP contribution in [0.15, 0.2) is 22.7 Å². The van der Waals surface area contributed by atoms with Crippen LogP contribution in [0.2, 0.25) is 0 Å². The first kappa shape index (κ1) is 14.4. The molecule has 0 bridgehead atoms. The minimum Gasteiger partial charge on any atom is -0.507 e. The summed E-state index contributed by atoms with van der Waals surface area (Å²) in [5, 5.41) is 12.5. The number of aromatic hydroxyl groups is 1. The topological polar surface area (TPSA) is 49.3 Å². The summed E-state index contributed by atoms with van der Waals surface area (Å²) in [4.78, 5) is 11.9. The van der Waals surface area contributed by atoms with Gasteiger partial charge in [-0.25, -0.2) is 0 Å². The van der Waals surface area contributed by atoms with Gasteiger partial charge in [0.05, 0.1) is 5.56 Å². The summed E-state index contributed by atoms with van der Waals surface area (Å²) in [6.07, 6.45) is 0. The van der Waals surface area contributed by atoms with Crippen LogP contribution in [0, 0.1) is 0 Å². The average molecular weight is 318 g/mol. The van der Waals surface area contributed by atoms with Gasteiger partial charge in [0.1, 0.15) is 5.75 Å². The zero-order valence-corrected chi connectivity index (χ0v) is 12.3. The Morgan fingerprint density at radius 3 is 2.88 bits per heavy atom. The van der Waals surface area contributed by atoms with Gasteiger partial charge in [-0.3, -0.25) is 4.79 Å². The van der Waals surface area contributed by atoms with Crippen LogP contribution in [0.1, 0.15) is 24.2 Å². The first-order chi connectivity index (χ1) is 8.04. The van der Waals surface area contributed by atoms with E-state index < -0.39 is 0 Å². The Balaban J connectivity index is 2.63. The third-order valence-electron chi connectivity index (χ3n) is 2.15. The molecule has 0 fully saturated rings. The monoisotopic (exact) mass is 317 g/mol. The molecule has 5 heteroatoms. The zero-order chi connectivity index (χ0) is 12.8. The van der Waals surface area contributed by atoms with E-state index >= 15 is 0 Å². The molecule has 0 radical (unpaired) electrons. The van der Waals surface area contributed by atoms with Crippen LogP contribution in [0.3, 0.4) is 0 Å². The van der Waals surface area contributed by atoms with Crippen LogP contribution >= 0.6 is 27.7 Å².